The number of rotatable bonds is 3. The van der Waals surface area contributed by atoms with Gasteiger partial charge < -0.3 is 5.11 Å². The first kappa shape index (κ1) is 13.1. The Balaban J connectivity index is 2.05. The van der Waals surface area contributed by atoms with E-state index in [1.807, 2.05) is 12.1 Å². The Hall–Kier alpha value is -1.86. The molecule has 20 heavy (non-hydrogen) atoms. The average Bonchev–Trinajstić information content (AvgIpc) is 2.55. The SMILES string of the molecule is OCC1=C(c2ccccc2)CCCC1c1ccccc1. The number of benzene rings is 2. The van der Waals surface area contributed by atoms with Gasteiger partial charge in [0.2, 0.25) is 0 Å². The molecule has 1 aliphatic rings. The van der Waals surface area contributed by atoms with E-state index in [9.17, 15) is 5.11 Å². The summed E-state index contributed by atoms with van der Waals surface area (Å²) in [6.45, 7) is 0.157. The first-order valence-corrected chi connectivity index (χ1v) is 7.33. The maximum absolute atomic E-state index is 9.90. The van der Waals surface area contributed by atoms with Crippen molar-refractivity contribution in [1.82, 2.24) is 0 Å². The Kier molecular flexibility index (Phi) is 3.98. The molecular formula is C19H20O. The first-order chi connectivity index (χ1) is 9.90. The molecule has 0 bridgehead atoms. The van der Waals surface area contributed by atoms with Crippen LogP contribution in [0.2, 0.25) is 0 Å². The number of allylic oxidation sites excluding steroid dienone is 1. The molecule has 0 amide bonds. The van der Waals surface area contributed by atoms with Crippen LogP contribution in [0.5, 0.6) is 0 Å². The molecule has 1 unspecified atom stereocenters. The van der Waals surface area contributed by atoms with Crippen LogP contribution in [0.4, 0.5) is 0 Å². The average molecular weight is 264 g/mol. The Morgan fingerprint density at radius 2 is 1.55 bits per heavy atom. The minimum atomic E-state index is 0.157. The van der Waals surface area contributed by atoms with Crippen LogP contribution in [-0.4, -0.2) is 11.7 Å². The molecule has 1 nitrogen and oxygen atoms in total. The van der Waals surface area contributed by atoms with Gasteiger partial charge in [-0.2, -0.15) is 0 Å². The van der Waals surface area contributed by atoms with Crippen molar-refractivity contribution in [2.75, 3.05) is 6.61 Å². The third-order valence-corrected chi connectivity index (χ3v) is 4.22. The lowest BCUT2D eigenvalue weighted by atomic mass is 9.77. The second kappa shape index (κ2) is 6.06. The summed E-state index contributed by atoms with van der Waals surface area (Å²) in [5.41, 5.74) is 5.13. The molecule has 2 aromatic carbocycles. The second-order valence-electron chi connectivity index (χ2n) is 5.38. The zero-order chi connectivity index (χ0) is 13.8. The van der Waals surface area contributed by atoms with E-state index >= 15 is 0 Å². The zero-order valence-corrected chi connectivity index (χ0v) is 11.6. The van der Waals surface area contributed by atoms with Gasteiger partial charge in [-0.05, 0) is 41.5 Å². The molecule has 1 heteroatoms. The summed E-state index contributed by atoms with van der Waals surface area (Å²) < 4.78 is 0. The monoisotopic (exact) mass is 264 g/mol. The van der Waals surface area contributed by atoms with Gasteiger partial charge in [-0.15, -0.1) is 0 Å². The van der Waals surface area contributed by atoms with E-state index in [0.717, 1.165) is 12.8 Å². The number of hydrogen-bond acceptors (Lipinski definition) is 1. The number of aliphatic hydroxyl groups is 1. The lowest BCUT2D eigenvalue weighted by Crippen LogP contribution is -2.13. The summed E-state index contributed by atoms with van der Waals surface area (Å²) in [5, 5.41) is 9.90. The molecule has 0 fully saturated rings. The third-order valence-electron chi connectivity index (χ3n) is 4.22. The highest BCUT2D eigenvalue weighted by Crippen LogP contribution is 2.41. The predicted octanol–water partition coefficient (Wildman–Crippen LogP) is 4.40. The highest BCUT2D eigenvalue weighted by atomic mass is 16.3. The molecule has 0 aromatic heterocycles. The van der Waals surface area contributed by atoms with Gasteiger partial charge >= 0.3 is 0 Å². The number of hydrogen-bond donors (Lipinski definition) is 1. The quantitative estimate of drug-likeness (QED) is 0.871. The molecule has 1 aliphatic carbocycles. The second-order valence-corrected chi connectivity index (χ2v) is 5.38. The summed E-state index contributed by atoms with van der Waals surface area (Å²) in [6.07, 6.45) is 3.40. The minimum Gasteiger partial charge on any atom is -0.392 e. The Morgan fingerprint density at radius 1 is 0.900 bits per heavy atom. The van der Waals surface area contributed by atoms with Gasteiger partial charge in [-0.3, -0.25) is 0 Å². The molecule has 0 spiro atoms. The van der Waals surface area contributed by atoms with E-state index in [0.29, 0.717) is 5.92 Å². The van der Waals surface area contributed by atoms with E-state index in [1.165, 1.54) is 28.7 Å². The van der Waals surface area contributed by atoms with Gasteiger partial charge in [0.05, 0.1) is 6.61 Å². The number of aliphatic hydroxyl groups excluding tert-OH is 1. The predicted molar refractivity (Wildman–Crippen MR) is 83.5 cm³/mol. The summed E-state index contributed by atoms with van der Waals surface area (Å²) in [7, 11) is 0. The van der Waals surface area contributed by atoms with E-state index in [1.54, 1.807) is 0 Å². The van der Waals surface area contributed by atoms with Crippen LogP contribution in [-0.2, 0) is 0 Å². The molecule has 102 valence electrons. The van der Waals surface area contributed by atoms with E-state index in [2.05, 4.69) is 48.5 Å². The van der Waals surface area contributed by atoms with Crippen molar-refractivity contribution in [3.63, 3.8) is 0 Å². The lowest BCUT2D eigenvalue weighted by molar-refractivity contribution is 0.318. The molecular weight excluding hydrogens is 244 g/mol. The van der Waals surface area contributed by atoms with Crippen molar-refractivity contribution in [2.24, 2.45) is 0 Å². The van der Waals surface area contributed by atoms with Crippen LogP contribution in [0.15, 0.2) is 66.2 Å². The van der Waals surface area contributed by atoms with Gasteiger partial charge in [0.25, 0.3) is 0 Å². The van der Waals surface area contributed by atoms with Crippen LogP contribution < -0.4 is 0 Å². The third kappa shape index (κ3) is 2.54. The summed E-state index contributed by atoms with van der Waals surface area (Å²) >= 11 is 0. The van der Waals surface area contributed by atoms with Crippen molar-refractivity contribution in [3.8, 4) is 0 Å². The fourth-order valence-corrected chi connectivity index (χ4v) is 3.26. The van der Waals surface area contributed by atoms with Crippen LogP contribution >= 0.6 is 0 Å². The maximum atomic E-state index is 9.90. The van der Waals surface area contributed by atoms with Crippen LogP contribution in [0.25, 0.3) is 5.57 Å². The van der Waals surface area contributed by atoms with Gasteiger partial charge in [-0.1, -0.05) is 60.7 Å². The standard InChI is InChI=1S/C19H20O/c20-14-19-17(15-8-3-1-4-9-15)12-7-13-18(19)16-10-5-2-6-11-16/h1-6,8-11,17,20H,7,12-14H2. The summed E-state index contributed by atoms with van der Waals surface area (Å²) in [6, 6.07) is 21.1. The lowest BCUT2D eigenvalue weighted by Gasteiger charge is -2.28. The smallest absolute Gasteiger partial charge is 0.0653 e. The van der Waals surface area contributed by atoms with Crippen LogP contribution in [0.1, 0.15) is 36.3 Å². The van der Waals surface area contributed by atoms with E-state index in [4.69, 9.17) is 0 Å². The summed E-state index contributed by atoms with van der Waals surface area (Å²) in [4.78, 5) is 0. The molecule has 0 saturated heterocycles. The van der Waals surface area contributed by atoms with Gasteiger partial charge in [0, 0.05) is 5.92 Å². The Bertz CT molecular complexity index is 584. The molecule has 0 aliphatic heterocycles. The van der Waals surface area contributed by atoms with Gasteiger partial charge in [0.1, 0.15) is 0 Å². The van der Waals surface area contributed by atoms with Crippen molar-refractivity contribution < 1.29 is 5.11 Å². The molecule has 0 heterocycles. The molecule has 1 atom stereocenters. The van der Waals surface area contributed by atoms with Crippen molar-refractivity contribution >= 4 is 5.57 Å². The topological polar surface area (TPSA) is 20.2 Å². The van der Waals surface area contributed by atoms with Gasteiger partial charge in [0.15, 0.2) is 0 Å². The van der Waals surface area contributed by atoms with Crippen LogP contribution in [0, 0.1) is 0 Å². The van der Waals surface area contributed by atoms with Crippen molar-refractivity contribution in [3.05, 3.63) is 77.4 Å². The van der Waals surface area contributed by atoms with E-state index < -0.39 is 0 Å². The van der Waals surface area contributed by atoms with Gasteiger partial charge in [-0.25, -0.2) is 0 Å². The summed E-state index contributed by atoms with van der Waals surface area (Å²) in [5.74, 6) is 0.366. The largest absolute Gasteiger partial charge is 0.392 e. The normalized spacial score (nSPS) is 19.1. The van der Waals surface area contributed by atoms with Crippen molar-refractivity contribution in [2.45, 2.75) is 25.2 Å². The molecule has 2 aromatic rings. The molecule has 0 radical (unpaired) electrons. The fourth-order valence-electron chi connectivity index (χ4n) is 3.26. The zero-order valence-electron chi connectivity index (χ0n) is 11.6. The first-order valence-electron chi connectivity index (χ1n) is 7.33. The molecule has 3 rings (SSSR count). The molecule has 1 N–H and O–H groups in total. The highest BCUT2D eigenvalue weighted by Gasteiger charge is 2.24. The van der Waals surface area contributed by atoms with Crippen LogP contribution in [0.3, 0.4) is 0 Å². The van der Waals surface area contributed by atoms with E-state index in [-0.39, 0.29) is 6.61 Å². The Morgan fingerprint density at radius 3 is 2.20 bits per heavy atom. The van der Waals surface area contributed by atoms with Crippen molar-refractivity contribution in [1.29, 1.82) is 0 Å². The minimum absolute atomic E-state index is 0.157. The molecule has 0 saturated carbocycles. The maximum Gasteiger partial charge on any atom is 0.0653 e. The Labute approximate surface area is 120 Å². The fraction of sp³-hybridized carbons (Fsp3) is 0.263. The highest BCUT2D eigenvalue weighted by molar-refractivity contribution is 5.71.